The summed E-state index contributed by atoms with van der Waals surface area (Å²) in [7, 11) is 5.28. The first kappa shape index (κ1) is 19.8. The van der Waals surface area contributed by atoms with Gasteiger partial charge in [-0.15, -0.1) is 0 Å². The maximum Gasteiger partial charge on any atom is 0.254 e. The molecule has 5 nitrogen and oxygen atoms in total. The van der Waals surface area contributed by atoms with Crippen LogP contribution in [0.15, 0.2) is 28.7 Å². The van der Waals surface area contributed by atoms with Crippen molar-refractivity contribution in [2.45, 2.75) is 50.0 Å². The van der Waals surface area contributed by atoms with Gasteiger partial charge in [0.15, 0.2) is 5.79 Å². The van der Waals surface area contributed by atoms with E-state index in [4.69, 9.17) is 9.47 Å². The molecule has 1 aliphatic carbocycles. The van der Waals surface area contributed by atoms with E-state index in [0.29, 0.717) is 5.56 Å². The third-order valence-electron chi connectivity index (χ3n) is 5.97. The van der Waals surface area contributed by atoms with Crippen molar-refractivity contribution in [1.82, 2.24) is 9.80 Å². The summed E-state index contributed by atoms with van der Waals surface area (Å²) in [5, 5.41) is 0. The van der Waals surface area contributed by atoms with Gasteiger partial charge in [-0.2, -0.15) is 0 Å². The van der Waals surface area contributed by atoms with Crippen LogP contribution in [0.2, 0.25) is 0 Å². The molecule has 1 amide bonds. The number of methoxy groups -OCH3 is 2. The number of carbonyl (C=O) groups is 1. The van der Waals surface area contributed by atoms with Crippen LogP contribution in [0, 0.1) is 0 Å². The van der Waals surface area contributed by atoms with Gasteiger partial charge in [-0.1, -0.05) is 15.9 Å². The van der Waals surface area contributed by atoms with Crippen molar-refractivity contribution in [3.05, 3.63) is 34.3 Å². The second-order valence-corrected chi connectivity index (χ2v) is 8.21. The number of likely N-dealkylation sites (N-methyl/N-ethyl adjacent to an activating group) is 1. The summed E-state index contributed by atoms with van der Waals surface area (Å²) in [5.41, 5.74) is 0.683. The molecule has 1 aromatic carbocycles. The van der Waals surface area contributed by atoms with E-state index in [1.165, 1.54) is 12.8 Å². The molecule has 6 heteroatoms. The number of nitrogens with zero attached hydrogens (tertiary/aromatic N) is 2. The van der Waals surface area contributed by atoms with Crippen LogP contribution in [0.3, 0.4) is 0 Å². The molecule has 0 spiro atoms. The Labute approximate surface area is 164 Å². The number of benzene rings is 1. The molecule has 1 heterocycles. The third kappa shape index (κ3) is 3.70. The molecular weight excluding hydrogens is 396 g/mol. The van der Waals surface area contributed by atoms with Crippen LogP contribution >= 0.6 is 15.9 Å². The van der Waals surface area contributed by atoms with Gasteiger partial charge in [0.1, 0.15) is 6.04 Å². The van der Waals surface area contributed by atoms with Crippen molar-refractivity contribution in [1.29, 1.82) is 0 Å². The quantitative estimate of drug-likeness (QED) is 0.677. The first-order chi connectivity index (χ1) is 12.5. The Hall–Kier alpha value is -0.950. The van der Waals surface area contributed by atoms with Crippen molar-refractivity contribution in [3.63, 3.8) is 0 Å². The fourth-order valence-electron chi connectivity index (χ4n) is 4.62. The summed E-state index contributed by atoms with van der Waals surface area (Å²) in [5.74, 6) is -0.752. The van der Waals surface area contributed by atoms with E-state index in [1.807, 2.05) is 36.2 Å². The van der Waals surface area contributed by atoms with Crippen LogP contribution in [0.5, 0.6) is 0 Å². The topological polar surface area (TPSA) is 42.0 Å². The van der Waals surface area contributed by atoms with Crippen LogP contribution in [0.1, 0.15) is 42.5 Å². The van der Waals surface area contributed by atoms with Gasteiger partial charge in [0, 0.05) is 43.8 Å². The highest BCUT2D eigenvalue weighted by Gasteiger charge is 2.52. The third-order valence-corrected chi connectivity index (χ3v) is 6.50. The minimum Gasteiger partial charge on any atom is -0.351 e. The lowest BCUT2D eigenvalue weighted by Crippen LogP contribution is -2.66. The summed E-state index contributed by atoms with van der Waals surface area (Å²) in [6, 6.07) is 7.64. The maximum absolute atomic E-state index is 13.2. The Morgan fingerprint density at radius 2 is 1.77 bits per heavy atom. The summed E-state index contributed by atoms with van der Waals surface area (Å²) in [6.45, 7) is 2.18. The normalized spacial score (nSPS) is 26.0. The van der Waals surface area contributed by atoms with E-state index in [0.717, 1.165) is 36.8 Å². The standard InChI is InChI=1S/C20H29BrN2O3/c1-22(19(24)15-8-10-16(21)11-9-15)18-17(23-13-4-5-14-23)7-6-12-20(18,25-2)26-3/h8-11,17-18H,4-7,12-14H2,1-3H3. The zero-order valence-corrected chi connectivity index (χ0v) is 17.5. The van der Waals surface area contributed by atoms with E-state index < -0.39 is 5.79 Å². The smallest absolute Gasteiger partial charge is 0.254 e. The van der Waals surface area contributed by atoms with E-state index in [9.17, 15) is 4.79 Å². The predicted octanol–water partition coefficient (Wildman–Crippen LogP) is 3.53. The highest BCUT2D eigenvalue weighted by molar-refractivity contribution is 9.10. The average molecular weight is 425 g/mol. The summed E-state index contributed by atoms with van der Waals surface area (Å²) < 4.78 is 12.8. The molecule has 2 aliphatic rings. The lowest BCUT2D eigenvalue weighted by molar-refractivity contribution is -0.261. The summed E-state index contributed by atoms with van der Waals surface area (Å²) in [6.07, 6.45) is 5.35. The Kier molecular flexibility index (Phi) is 6.38. The van der Waals surface area contributed by atoms with Crippen LogP contribution in [0.25, 0.3) is 0 Å². The Morgan fingerprint density at radius 3 is 2.35 bits per heavy atom. The molecule has 0 bridgehead atoms. The van der Waals surface area contributed by atoms with E-state index in [-0.39, 0.29) is 18.0 Å². The lowest BCUT2D eigenvalue weighted by Gasteiger charge is -2.51. The number of halogens is 1. The molecule has 2 fully saturated rings. The van der Waals surface area contributed by atoms with Gasteiger partial charge >= 0.3 is 0 Å². The molecular formula is C20H29BrN2O3. The van der Waals surface area contributed by atoms with Crippen molar-refractivity contribution >= 4 is 21.8 Å². The van der Waals surface area contributed by atoms with Crippen molar-refractivity contribution < 1.29 is 14.3 Å². The molecule has 1 saturated carbocycles. The molecule has 0 aromatic heterocycles. The molecule has 2 unspecified atom stereocenters. The highest BCUT2D eigenvalue weighted by atomic mass is 79.9. The average Bonchev–Trinajstić information content (AvgIpc) is 3.21. The second-order valence-electron chi connectivity index (χ2n) is 7.29. The van der Waals surface area contributed by atoms with Crippen LogP contribution in [-0.2, 0) is 9.47 Å². The largest absolute Gasteiger partial charge is 0.351 e. The highest BCUT2D eigenvalue weighted by Crippen LogP contribution is 2.39. The van der Waals surface area contributed by atoms with Gasteiger partial charge in [-0.25, -0.2) is 0 Å². The fourth-order valence-corrected chi connectivity index (χ4v) is 4.88. The molecule has 1 aromatic rings. The van der Waals surface area contributed by atoms with Gasteiger partial charge in [0.25, 0.3) is 5.91 Å². The number of carbonyl (C=O) groups excluding carboxylic acids is 1. The van der Waals surface area contributed by atoms with Gasteiger partial charge in [-0.05, 0) is 63.0 Å². The monoisotopic (exact) mass is 424 g/mol. The van der Waals surface area contributed by atoms with Gasteiger partial charge in [0.05, 0.1) is 0 Å². The molecule has 3 rings (SSSR count). The maximum atomic E-state index is 13.2. The number of ether oxygens (including phenoxy) is 2. The number of amides is 1. The first-order valence-electron chi connectivity index (χ1n) is 9.39. The number of hydrogen-bond acceptors (Lipinski definition) is 4. The SMILES string of the molecule is COC1(OC)CCCC(N2CCCC2)C1N(C)C(=O)c1ccc(Br)cc1. The van der Waals surface area contributed by atoms with Crippen molar-refractivity contribution in [2.24, 2.45) is 0 Å². The molecule has 144 valence electrons. The molecule has 26 heavy (non-hydrogen) atoms. The van der Waals surface area contributed by atoms with Crippen LogP contribution < -0.4 is 0 Å². The second kappa shape index (κ2) is 8.38. The molecule has 0 radical (unpaired) electrons. The molecule has 1 aliphatic heterocycles. The van der Waals surface area contributed by atoms with Crippen LogP contribution in [0.4, 0.5) is 0 Å². The summed E-state index contributed by atoms with van der Waals surface area (Å²) >= 11 is 3.43. The Bertz CT molecular complexity index is 612. The van der Waals surface area contributed by atoms with Gasteiger partial charge in [0.2, 0.25) is 0 Å². The van der Waals surface area contributed by atoms with Crippen molar-refractivity contribution in [2.75, 3.05) is 34.4 Å². The van der Waals surface area contributed by atoms with Crippen molar-refractivity contribution in [3.8, 4) is 0 Å². The minimum atomic E-state index is -0.759. The van der Waals surface area contributed by atoms with Crippen LogP contribution in [-0.4, -0.2) is 67.9 Å². The lowest BCUT2D eigenvalue weighted by atomic mass is 9.82. The zero-order valence-electron chi connectivity index (χ0n) is 15.9. The molecule has 0 N–H and O–H groups in total. The molecule has 1 saturated heterocycles. The van der Waals surface area contributed by atoms with E-state index in [1.54, 1.807) is 14.2 Å². The summed E-state index contributed by atoms with van der Waals surface area (Å²) in [4.78, 5) is 17.6. The van der Waals surface area contributed by atoms with Gasteiger partial charge < -0.3 is 14.4 Å². The van der Waals surface area contributed by atoms with E-state index >= 15 is 0 Å². The molecule has 2 atom stereocenters. The Morgan fingerprint density at radius 1 is 1.15 bits per heavy atom. The number of likely N-dealkylation sites (tertiary alicyclic amines) is 1. The number of hydrogen-bond donors (Lipinski definition) is 0. The van der Waals surface area contributed by atoms with Gasteiger partial charge in [-0.3, -0.25) is 9.69 Å². The van der Waals surface area contributed by atoms with E-state index in [2.05, 4.69) is 20.8 Å². The fraction of sp³-hybridized carbons (Fsp3) is 0.650. The number of rotatable bonds is 5. The Balaban J connectivity index is 1.92. The predicted molar refractivity (Wildman–Crippen MR) is 105 cm³/mol. The first-order valence-corrected chi connectivity index (χ1v) is 10.2. The minimum absolute atomic E-state index is 0.00655. The zero-order chi connectivity index (χ0) is 18.7.